The van der Waals surface area contributed by atoms with Gasteiger partial charge in [0.2, 0.25) is 0 Å². The molecule has 9 nitrogen and oxygen atoms in total. The second-order valence-electron chi connectivity index (χ2n) is 10.4. The molecule has 0 bridgehead atoms. The van der Waals surface area contributed by atoms with Crippen molar-refractivity contribution in [3.63, 3.8) is 0 Å². The number of ether oxygens (including phenoxy) is 2. The van der Waals surface area contributed by atoms with E-state index in [1.807, 2.05) is 20.8 Å². The summed E-state index contributed by atoms with van der Waals surface area (Å²) in [5, 5.41) is 3.68. The molecule has 1 aromatic rings. The first-order valence-electron chi connectivity index (χ1n) is 11.3. The van der Waals surface area contributed by atoms with E-state index >= 15 is 0 Å². The molecule has 0 aromatic carbocycles. The summed E-state index contributed by atoms with van der Waals surface area (Å²) in [7, 11) is 2.11. The number of halogens is 2. The van der Waals surface area contributed by atoms with Crippen LogP contribution >= 0.6 is 23.2 Å². The highest BCUT2D eigenvalue weighted by Crippen LogP contribution is 2.48. The Kier molecular flexibility index (Phi) is 5.57. The maximum Gasteiger partial charge on any atom is 0.410 e. The Labute approximate surface area is 203 Å². The molecule has 1 saturated carbocycles. The van der Waals surface area contributed by atoms with Gasteiger partial charge in [0.05, 0.1) is 6.04 Å². The Morgan fingerprint density at radius 1 is 1.18 bits per heavy atom. The first kappa shape index (κ1) is 22.8. The summed E-state index contributed by atoms with van der Waals surface area (Å²) >= 11 is 12.7. The quantitative estimate of drug-likeness (QED) is 0.628. The number of anilines is 1. The van der Waals surface area contributed by atoms with E-state index in [1.165, 1.54) is 0 Å². The zero-order valence-corrected chi connectivity index (χ0v) is 20.7. The van der Waals surface area contributed by atoms with Crippen molar-refractivity contribution in [2.75, 3.05) is 51.7 Å². The molecule has 180 valence electrons. The van der Waals surface area contributed by atoms with Gasteiger partial charge in [0.1, 0.15) is 28.6 Å². The van der Waals surface area contributed by atoms with Crippen molar-refractivity contribution in [3.05, 3.63) is 15.7 Å². The van der Waals surface area contributed by atoms with Gasteiger partial charge in [-0.3, -0.25) is 4.79 Å². The number of hydrogen-bond acceptors (Lipinski definition) is 7. The average Bonchev–Trinajstić information content (AvgIpc) is 3.22. The van der Waals surface area contributed by atoms with E-state index in [2.05, 4.69) is 22.2 Å². The van der Waals surface area contributed by atoms with Gasteiger partial charge >= 0.3 is 6.09 Å². The summed E-state index contributed by atoms with van der Waals surface area (Å²) in [4.78, 5) is 36.3. The van der Waals surface area contributed by atoms with Crippen LogP contribution in [0.4, 0.5) is 10.6 Å². The standard InChI is InChI=1S/C22H29Cl2N5O4/c1-22(2,3)33-21(31)28-5-6-29-11(7-28)10-32-17-14(20(29)30)19(26-18(24)15(17)23)25-16-12-8-27(4)9-13(12)16/h11-13,16H,5-10H2,1-4H3,(H,25,26)/t11-,12-,13+,16+/m1/s1. The molecule has 1 aliphatic carbocycles. The summed E-state index contributed by atoms with van der Waals surface area (Å²) in [6.45, 7) is 8.77. The van der Waals surface area contributed by atoms with Crippen LogP contribution in [0.25, 0.3) is 0 Å². The van der Waals surface area contributed by atoms with Crippen LogP contribution in [0.1, 0.15) is 31.1 Å². The van der Waals surface area contributed by atoms with Crippen LogP contribution in [-0.4, -0.2) is 95.7 Å². The van der Waals surface area contributed by atoms with Crippen LogP contribution in [0.5, 0.6) is 5.75 Å². The molecule has 4 aliphatic rings. The zero-order valence-electron chi connectivity index (χ0n) is 19.2. The molecule has 0 spiro atoms. The number of hydrogen-bond donors (Lipinski definition) is 1. The summed E-state index contributed by atoms with van der Waals surface area (Å²) in [5.74, 6) is 1.53. The van der Waals surface area contributed by atoms with Gasteiger partial charge < -0.3 is 29.5 Å². The van der Waals surface area contributed by atoms with Crippen LogP contribution in [0.3, 0.4) is 0 Å². The van der Waals surface area contributed by atoms with Crippen molar-refractivity contribution in [2.24, 2.45) is 11.8 Å². The Balaban J connectivity index is 1.38. The molecule has 3 fully saturated rings. The van der Waals surface area contributed by atoms with Gasteiger partial charge in [-0.25, -0.2) is 9.78 Å². The molecule has 1 N–H and O–H groups in total. The predicted octanol–water partition coefficient (Wildman–Crippen LogP) is 2.81. The van der Waals surface area contributed by atoms with Gasteiger partial charge in [-0.05, 0) is 39.7 Å². The number of piperazine rings is 1. The van der Waals surface area contributed by atoms with E-state index in [-0.39, 0.29) is 40.5 Å². The topological polar surface area (TPSA) is 87.2 Å². The molecule has 0 unspecified atom stereocenters. The minimum absolute atomic E-state index is 0.101. The summed E-state index contributed by atoms with van der Waals surface area (Å²) in [6.07, 6.45) is -0.397. The first-order valence-corrected chi connectivity index (χ1v) is 12.0. The zero-order chi connectivity index (χ0) is 23.7. The fraction of sp³-hybridized carbons (Fsp3) is 0.682. The second kappa shape index (κ2) is 8.06. The highest BCUT2D eigenvalue weighted by Gasteiger charge is 2.55. The van der Waals surface area contributed by atoms with Gasteiger partial charge in [-0.15, -0.1) is 0 Å². The van der Waals surface area contributed by atoms with Crippen LogP contribution in [-0.2, 0) is 4.74 Å². The number of pyridine rings is 1. The number of amides is 2. The van der Waals surface area contributed by atoms with Gasteiger partial charge in [-0.2, -0.15) is 0 Å². The Morgan fingerprint density at radius 2 is 1.88 bits per heavy atom. The molecule has 0 radical (unpaired) electrons. The number of fused-ring (bicyclic) bond motifs is 3. The summed E-state index contributed by atoms with van der Waals surface area (Å²) < 4.78 is 11.5. The average molecular weight is 498 g/mol. The van der Waals surface area contributed by atoms with Crippen LogP contribution in [0.15, 0.2) is 0 Å². The molecule has 11 heteroatoms. The van der Waals surface area contributed by atoms with Gasteiger partial charge in [0.25, 0.3) is 5.91 Å². The normalized spacial score (nSPS) is 29.0. The number of carbonyl (C=O) groups is 2. The Hall–Kier alpha value is -1.97. The lowest BCUT2D eigenvalue weighted by Crippen LogP contribution is -2.58. The SMILES string of the molecule is CN1C[C@@H]2[C@H](C1)[C@H]2Nc1nc(Cl)c(Cl)c2c1C(=O)N1CCN(C(=O)OC(C)(C)C)C[C@@H]1CO2. The lowest BCUT2D eigenvalue weighted by molar-refractivity contribution is 0.000958. The number of aromatic nitrogens is 1. The Bertz CT molecular complexity index is 988. The van der Waals surface area contributed by atoms with E-state index < -0.39 is 11.7 Å². The molecule has 4 atom stereocenters. The van der Waals surface area contributed by atoms with E-state index in [1.54, 1.807) is 9.80 Å². The van der Waals surface area contributed by atoms with E-state index in [9.17, 15) is 9.59 Å². The maximum absolute atomic E-state index is 13.7. The van der Waals surface area contributed by atoms with E-state index in [4.69, 9.17) is 32.7 Å². The number of likely N-dealkylation sites (tertiary alicyclic amines) is 1. The molecule has 33 heavy (non-hydrogen) atoms. The molecule has 2 saturated heterocycles. The number of nitrogens with zero attached hydrogens (tertiary/aromatic N) is 4. The lowest BCUT2D eigenvalue weighted by Gasteiger charge is -2.40. The van der Waals surface area contributed by atoms with E-state index in [0.29, 0.717) is 42.9 Å². The monoisotopic (exact) mass is 497 g/mol. The van der Waals surface area contributed by atoms with Crippen molar-refractivity contribution in [1.29, 1.82) is 0 Å². The highest BCUT2D eigenvalue weighted by molar-refractivity contribution is 6.42. The Morgan fingerprint density at radius 3 is 2.55 bits per heavy atom. The fourth-order valence-corrected chi connectivity index (χ4v) is 5.50. The molecule has 2 amide bonds. The van der Waals surface area contributed by atoms with Gasteiger partial charge in [0.15, 0.2) is 10.9 Å². The predicted molar refractivity (Wildman–Crippen MR) is 124 cm³/mol. The third-order valence-electron chi connectivity index (χ3n) is 6.76. The van der Waals surface area contributed by atoms with Crippen molar-refractivity contribution in [2.45, 2.75) is 38.5 Å². The number of nitrogens with one attached hydrogen (secondary N) is 1. The largest absolute Gasteiger partial charge is 0.489 e. The minimum atomic E-state index is -0.591. The molecule has 3 aliphatic heterocycles. The van der Waals surface area contributed by atoms with Crippen molar-refractivity contribution >= 4 is 41.0 Å². The molecular weight excluding hydrogens is 469 g/mol. The van der Waals surface area contributed by atoms with Crippen molar-refractivity contribution in [1.82, 2.24) is 19.7 Å². The molecule has 4 heterocycles. The minimum Gasteiger partial charge on any atom is -0.489 e. The summed E-state index contributed by atoms with van der Waals surface area (Å²) in [6, 6.07) is -0.0753. The van der Waals surface area contributed by atoms with Crippen molar-refractivity contribution < 1.29 is 19.1 Å². The van der Waals surface area contributed by atoms with Crippen LogP contribution < -0.4 is 10.1 Å². The van der Waals surface area contributed by atoms with Crippen LogP contribution in [0, 0.1) is 11.8 Å². The second-order valence-corrected chi connectivity index (χ2v) is 11.1. The number of rotatable bonds is 2. The molecule has 5 rings (SSSR count). The molecule has 1 aromatic heterocycles. The van der Waals surface area contributed by atoms with Gasteiger partial charge in [-0.1, -0.05) is 23.2 Å². The maximum atomic E-state index is 13.7. The van der Waals surface area contributed by atoms with Crippen LogP contribution in [0.2, 0.25) is 10.2 Å². The highest BCUT2D eigenvalue weighted by atomic mass is 35.5. The smallest absolute Gasteiger partial charge is 0.410 e. The fourth-order valence-electron chi connectivity index (χ4n) is 5.14. The third kappa shape index (κ3) is 4.19. The summed E-state index contributed by atoms with van der Waals surface area (Å²) in [5.41, 5.74) is -0.275. The first-order chi connectivity index (χ1) is 15.5. The number of piperidine rings is 1. The number of carbonyl (C=O) groups excluding carboxylic acids is 2. The van der Waals surface area contributed by atoms with Crippen molar-refractivity contribution in [3.8, 4) is 5.75 Å². The van der Waals surface area contributed by atoms with Gasteiger partial charge in [0, 0.05) is 38.8 Å². The lowest BCUT2D eigenvalue weighted by atomic mass is 10.1. The molecular formula is C22H29Cl2N5O4. The van der Waals surface area contributed by atoms with E-state index in [0.717, 1.165) is 13.1 Å². The third-order valence-corrected chi connectivity index (χ3v) is 7.48.